The Morgan fingerprint density at radius 3 is 2.36 bits per heavy atom. The molecule has 2 rings (SSSR count). The van der Waals surface area contributed by atoms with Gasteiger partial charge in [0.25, 0.3) is 5.91 Å². The first kappa shape index (κ1) is 16.1. The van der Waals surface area contributed by atoms with Gasteiger partial charge in [-0.3, -0.25) is 4.79 Å². The molecule has 2 aromatic carbocycles. The molecule has 1 unspecified atom stereocenters. The zero-order valence-corrected chi connectivity index (χ0v) is 13.6. The first-order valence-electron chi connectivity index (χ1n) is 7.53. The van der Waals surface area contributed by atoms with Gasteiger partial charge in [0.15, 0.2) is 0 Å². The number of ether oxygens (including phenoxy) is 1. The molecular weight excluding hydrogens is 274 g/mol. The van der Waals surface area contributed by atoms with Crippen LogP contribution in [0.2, 0.25) is 0 Å². The van der Waals surface area contributed by atoms with Crippen LogP contribution in [0, 0.1) is 12.8 Å². The minimum absolute atomic E-state index is 0.0130. The van der Waals surface area contributed by atoms with E-state index in [2.05, 4.69) is 19.2 Å². The number of hydrogen-bond acceptors (Lipinski definition) is 2. The molecule has 0 fully saturated rings. The summed E-state index contributed by atoms with van der Waals surface area (Å²) in [5.74, 6) is 0.952. The summed E-state index contributed by atoms with van der Waals surface area (Å²) < 4.78 is 5.29. The highest BCUT2D eigenvalue weighted by Crippen LogP contribution is 2.23. The van der Waals surface area contributed by atoms with Crippen LogP contribution >= 0.6 is 0 Å². The monoisotopic (exact) mass is 297 g/mol. The van der Waals surface area contributed by atoms with Crippen molar-refractivity contribution in [2.24, 2.45) is 5.92 Å². The van der Waals surface area contributed by atoms with Gasteiger partial charge in [-0.15, -0.1) is 0 Å². The third-order valence-electron chi connectivity index (χ3n) is 3.78. The van der Waals surface area contributed by atoms with E-state index in [9.17, 15) is 4.79 Å². The van der Waals surface area contributed by atoms with E-state index >= 15 is 0 Å². The lowest BCUT2D eigenvalue weighted by atomic mass is 9.95. The Kier molecular flexibility index (Phi) is 5.21. The van der Waals surface area contributed by atoms with Crippen LogP contribution in [0.1, 0.15) is 41.4 Å². The maximum absolute atomic E-state index is 12.5. The average molecular weight is 297 g/mol. The van der Waals surface area contributed by atoms with Crippen molar-refractivity contribution in [3.63, 3.8) is 0 Å². The molecule has 3 heteroatoms. The molecule has 0 heterocycles. The van der Waals surface area contributed by atoms with Crippen molar-refractivity contribution in [1.82, 2.24) is 5.32 Å². The van der Waals surface area contributed by atoms with Crippen molar-refractivity contribution in [3.8, 4) is 5.75 Å². The van der Waals surface area contributed by atoms with Crippen molar-refractivity contribution in [2.45, 2.75) is 26.8 Å². The number of rotatable bonds is 5. The minimum atomic E-state index is -0.0825. The van der Waals surface area contributed by atoms with E-state index in [-0.39, 0.29) is 11.9 Å². The number of amides is 1. The highest BCUT2D eigenvalue weighted by atomic mass is 16.5. The molecule has 3 nitrogen and oxygen atoms in total. The van der Waals surface area contributed by atoms with E-state index in [4.69, 9.17) is 4.74 Å². The quantitative estimate of drug-likeness (QED) is 0.901. The summed E-state index contributed by atoms with van der Waals surface area (Å²) in [6, 6.07) is 15.6. The number of benzene rings is 2. The van der Waals surface area contributed by atoms with Crippen LogP contribution < -0.4 is 10.1 Å². The summed E-state index contributed by atoms with van der Waals surface area (Å²) in [4.78, 5) is 12.5. The number of aryl methyl sites for hydroxylation is 1. The van der Waals surface area contributed by atoms with E-state index in [1.54, 1.807) is 13.2 Å². The number of methoxy groups -OCH3 is 1. The lowest BCUT2D eigenvalue weighted by molar-refractivity contribution is 0.0925. The number of hydrogen-bond donors (Lipinski definition) is 1. The molecule has 0 saturated carbocycles. The normalized spacial score (nSPS) is 12.0. The average Bonchev–Trinajstić information content (AvgIpc) is 2.53. The van der Waals surface area contributed by atoms with Gasteiger partial charge in [-0.05, 0) is 36.1 Å². The zero-order chi connectivity index (χ0) is 16.1. The Morgan fingerprint density at radius 1 is 1.09 bits per heavy atom. The first-order chi connectivity index (χ1) is 10.5. The molecule has 1 atom stereocenters. The van der Waals surface area contributed by atoms with Gasteiger partial charge < -0.3 is 10.1 Å². The number of nitrogens with one attached hydrogen (secondary N) is 1. The van der Waals surface area contributed by atoms with Crippen molar-refractivity contribution >= 4 is 5.91 Å². The fourth-order valence-electron chi connectivity index (χ4n) is 2.48. The SMILES string of the molecule is COc1cc(C(=O)NC(c2ccccc2)C(C)C)ccc1C. The van der Waals surface area contributed by atoms with Crippen LogP contribution in [0.25, 0.3) is 0 Å². The second-order valence-electron chi connectivity index (χ2n) is 5.79. The maximum Gasteiger partial charge on any atom is 0.251 e. The lowest BCUT2D eigenvalue weighted by Crippen LogP contribution is -2.31. The summed E-state index contributed by atoms with van der Waals surface area (Å²) in [5, 5.41) is 3.13. The lowest BCUT2D eigenvalue weighted by Gasteiger charge is -2.23. The van der Waals surface area contributed by atoms with Crippen molar-refractivity contribution in [2.75, 3.05) is 7.11 Å². The van der Waals surface area contributed by atoms with E-state index < -0.39 is 0 Å². The van der Waals surface area contributed by atoms with E-state index in [1.807, 2.05) is 49.4 Å². The van der Waals surface area contributed by atoms with Crippen LogP contribution in [0.4, 0.5) is 0 Å². The first-order valence-corrected chi connectivity index (χ1v) is 7.53. The molecule has 1 N–H and O–H groups in total. The van der Waals surface area contributed by atoms with Crippen molar-refractivity contribution in [3.05, 3.63) is 65.2 Å². The second kappa shape index (κ2) is 7.12. The Balaban J connectivity index is 2.22. The van der Waals surface area contributed by atoms with Gasteiger partial charge in [-0.1, -0.05) is 50.2 Å². The molecule has 22 heavy (non-hydrogen) atoms. The van der Waals surface area contributed by atoms with E-state index in [0.29, 0.717) is 11.5 Å². The van der Waals surface area contributed by atoms with Gasteiger partial charge in [-0.2, -0.15) is 0 Å². The van der Waals surface area contributed by atoms with E-state index in [1.165, 1.54) is 0 Å². The molecule has 116 valence electrons. The number of carbonyl (C=O) groups excluding carboxylic acids is 1. The summed E-state index contributed by atoms with van der Waals surface area (Å²) in [5.41, 5.74) is 2.75. The third kappa shape index (κ3) is 3.67. The van der Waals surface area contributed by atoms with Crippen LogP contribution in [-0.4, -0.2) is 13.0 Å². The molecule has 0 bridgehead atoms. The Hall–Kier alpha value is -2.29. The fraction of sp³-hybridized carbons (Fsp3) is 0.316. The largest absolute Gasteiger partial charge is 0.496 e. The van der Waals surface area contributed by atoms with Crippen molar-refractivity contribution < 1.29 is 9.53 Å². The second-order valence-corrected chi connectivity index (χ2v) is 5.79. The van der Waals surface area contributed by atoms with E-state index in [0.717, 1.165) is 16.9 Å². The third-order valence-corrected chi connectivity index (χ3v) is 3.78. The van der Waals surface area contributed by atoms with Crippen molar-refractivity contribution in [1.29, 1.82) is 0 Å². The molecule has 0 aliphatic carbocycles. The molecule has 2 aromatic rings. The molecular formula is C19H23NO2. The summed E-state index contributed by atoms with van der Waals surface area (Å²) in [7, 11) is 1.62. The van der Waals surface area contributed by atoms with Gasteiger partial charge in [-0.25, -0.2) is 0 Å². The van der Waals surface area contributed by atoms with Crippen LogP contribution in [0.5, 0.6) is 5.75 Å². The van der Waals surface area contributed by atoms with Gasteiger partial charge in [0.1, 0.15) is 5.75 Å². The van der Waals surface area contributed by atoms with Gasteiger partial charge in [0, 0.05) is 5.56 Å². The van der Waals surface area contributed by atoms with Crippen LogP contribution in [0.3, 0.4) is 0 Å². The smallest absolute Gasteiger partial charge is 0.251 e. The topological polar surface area (TPSA) is 38.3 Å². The summed E-state index contributed by atoms with van der Waals surface area (Å²) >= 11 is 0. The number of carbonyl (C=O) groups is 1. The Morgan fingerprint density at radius 2 is 1.77 bits per heavy atom. The molecule has 0 aliphatic rings. The summed E-state index contributed by atoms with van der Waals surface area (Å²) in [6.45, 7) is 6.17. The molecule has 0 radical (unpaired) electrons. The standard InChI is InChI=1S/C19H23NO2/c1-13(2)18(15-8-6-5-7-9-15)20-19(21)16-11-10-14(3)17(12-16)22-4/h5-13,18H,1-4H3,(H,20,21). The molecule has 0 aromatic heterocycles. The van der Waals surface area contributed by atoms with Crippen LogP contribution in [-0.2, 0) is 0 Å². The molecule has 1 amide bonds. The Labute approximate surface area is 132 Å². The van der Waals surface area contributed by atoms with Gasteiger partial charge in [0.05, 0.1) is 13.2 Å². The van der Waals surface area contributed by atoms with Gasteiger partial charge >= 0.3 is 0 Å². The zero-order valence-electron chi connectivity index (χ0n) is 13.6. The summed E-state index contributed by atoms with van der Waals surface area (Å²) in [6.07, 6.45) is 0. The molecule has 0 spiro atoms. The molecule has 0 aliphatic heterocycles. The predicted octanol–water partition coefficient (Wildman–Crippen LogP) is 4.13. The fourth-order valence-corrected chi connectivity index (χ4v) is 2.48. The highest BCUT2D eigenvalue weighted by molar-refractivity contribution is 5.95. The maximum atomic E-state index is 12.5. The Bertz CT molecular complexity index is 635. The minimum Gasteiger partial charge on any atom is -0.496 e. The van der Waals surface area contributed by atoms with Crippen LogP contribution in [0.15, 0.2) is 48.5 Å². The van der Waals surface area contributed by atoms with Gasteiger partial charge in [0.2, 0.25) is 0 Å². The highest BCUT2D eigenvalue weighted by Gasteiger charge is 2.19. The molecule has 0 saturated heterocycles. The predicted molar refractivity (Wildman–Crippen MR) is 89.2 cm³/mol.